The Hall–Kier alpha value is -1.50. The van der Waals surface area contributed by atoms with Gasteiger partial charge in [-0.2, -0.15) is 0 Å². The van der Waals surface area contributed by atoms with Crippen molar-refractivity contribution in [1.82, 2.24) is 0 Å². The van der Waals surface area contributed by atoms with Crippen molar-refractivity contribution in [3.8, 4) is 17.6 Å². The molecule has 3 heteroatoms. The zero-order valence-electron chi connectivity index (χ0n) is 11.2. The highest BCUT2D eigenvalue weighted by Crippen LogP contribution is 2.20. The topological polar surface area (TPSA) is 44.5 Å². The molecule has 1 aromatic rings. The lowest BCUT2D eigenvalue weighted by Crippen LogP contribution is -2.13. The normalized spacial score (nSPS) is 15.0. The zero-order valence-corrected chi connectivity index (χ0v) is 11.2. The predicted octanol–water partition coefficient (Wildman–Crippen LogP) is 2.33. The van der Waals surface area contributed by atoms with E-state index in [2.05, 4.69) is 11.8 Å². The van der Waals surface area contributed by atoms with Gasteiger partial charge in [0.05, 0.1) is 19.3 Å². The fourth-order valence-corrected chi connectivity index (χ4v) is 2.22. The summed E-state index contributed by atoms with van der Waals surface area (Å²) in [4.78, 5) is 0. The van der Waals surface area contributed by atoms with Crippen LogP contribution in [-0.2, 0) is 4.74 Å². The van der Waals surface area contributed by atoms with Crippen molar-refractivity contribution in [3.05, 3.63) is 29.8 Å². The molecule has 0 radical (unpaired) electrons. The molecule has 0 heterocycles. The molecule has 1 fully saturated rings. The summed E-state index contributed by atoms with van der Waals surface area (Å²) in [5.74, 6) is 6.66. The second-order valence-corrected chi connectivity index (χ2v) is 4.66. The number of rotatable bonds is 5. The standard InChI is InChI=1S/C16H21NO2/c17-11-3-4-14-7-9-16(10-8-14)19-13-12-18-15-5-1-2-6-15/h7-10,15H,1-2,5-6,11-13,17H2. The molecule has 1 aliphatic carbocycles. The molecule has 0 spiro atoms. The first-order chi connectivity index (χ1) is 9.38. The maximum Gasteiger partial charge on any atom is 0.119 e. The highest BCUT2D eigenvalue weighted by atomic mass is 16.5. The van der Waals surface area contributed by atoms with E-state index in [1.165, 1.54) is 25.7 Å². The fraction of sp³-hybridized carbons (Fsp3) is 0.500. The van der Waals surface area contributed by atoms with Crippen LogP contribution in [0.4, 0.5) is 0 Å². The first-order valence-electron chi connectivity index (χ1n) is 6.92. The first-order valence-corrected chi connectivity index (χ1v) is 6.92. The van der Waals surface area contributed by atoms with Crippen LogP contribution in [0.2, 0.25) is 0 Å². The number of ether oxygens (including phenoxy) is 2. The van der Waals surface area contributed by atoms with Gasteiger partial charge >= 0.3 is 0 Å². The molecule has 0 atom stereocenters. The van der Waals surface area contributed by atoms with Crippen LogP contribution in [-0.4, -0.2) is 25.9 Å². The van der Waals surface area contributed by atoms with Gasteiger partial charge in [-0.3, -0.25) is 0 Å². The smallest absolute Gasteiger partial charge is 0.119 e. The van der Waals surface area contributed by atoms with Crippen LogP contribution in [0.25, 0.3) is 0 Å². The second-order valence-electron chi connectivity index (χ2n) is 4.66. The molecule has 102 valence electrons. The van der Waals surface area contributed by atoms with Gasteiger partial charge in [0.25, 0.3) is 0 Å². The van der Waals surface area contributed by atoms with E-state index in [0.717, 1.165) is 11.3 Å². The van der Waals surface area contributed by atoms with Gasteiger partial charge in [0, 0.05) is 5.56 Å². The molecule has 0 unspecified atom stereocenters. The van der Waals surface area contributed by atoms with Gasteiger partial charge in [0.1, 0.15) is 12.4 Å². The molecule has 0 amide bonds. The largest absolute Gasteiger partial charge is 0.491 e. The Morgan fingerprint density at radius 2 is 1.84 bits per heavy atom. The Balaban J connectivity index is 1.67. The Morgan fingerprint density at radius 1 is 1.11 bits per heavy atom. The van der Waals surface area contributed by atoms with Crippen LogP contribution in [0.1, 0.15) is 31.2 Å². The highest BCUT2D eigenvalue weighted by Gasteiger charge is 2.14. The van der Waals surface area contributed by atoms with E-state index < -0.39 is 0 Å². The van der Waals surface area contributed by atoms with Crippen LogP contribution in [0.15, 0.2) is 24.3 Å². The van der Waals surface area contributed by atoms with E-state index in [1.54, 1.807) is 0 Å². The summed E-state index contributed by atoms with van der Waals surface area (Å²) in [5, 5.41) is 0. The number of nitrogens with two attached hydrogens (primary N) is 1. The first kappa shape index (κ1) is 13.9. The van der Waals surface area contributed by atoms with Crippen molar-refractivity contribution in [2.45, 2.75) is 31.8 Å². The molecule has 0 bridgehead atoms. The van der Waals surface area contributed by atoms with Gasteiger partial charge in [-0.25, -0.2) is 0 Å². The van der Waals surface area contributed by atoms with Gasteiger partial charge < -0.3 is 15.2 Å². The minimum atomic E-state index is 0.386. The predicted molar refractivity (Wildman–Crippen MR) is 76.1 cm³/mol. The minimum absolute atomic E-state index is 0.386. The fourth-order valence-electron chi connectivity index (χ4n) is 2.22. The lowest BCUT2D eigenvalue weighted by Gasteiger charge is -2.11. The lowest BCUT2D eigenvalue weighted by atomic mass is 10.2. The van der Waals surface area contributed by atoms with E-state index >= 15 is 0 Å². The summed E-state index contributed by atoms with van der Waals surface area (Å²) >= 11 is 0. The molecule has 1 saturated carbocycles. The van der Waals surface area contributed by atoms with E-state index in [9.17, 15) is 0 Å². The third-order valence-corrected chi connectivity index (χ3v) is 3.20. The van der Waals surface area contributed by atoms with Gasteiger partial charge in [0.2, 0.25) is 0 Å². The van der Waals surface area contributed by atoms with Crippen LogP contribution in [0.3, 0.4) is 0 Å². The molecular weight excluding hydrogens is 238 g/mol. The van der Waals surface area contributed by atoms with Crippen LogP contribution in [0, 0.1) is 11.8 Å². The van der Waals surface area contributed by atoms with E-state index in [0.29, 0.717) is 25.9 Å². The molecule has 0 aromatic heterocycles. The van der Waals surface area contributed by atoms with Gasteiger partial charge in [-0.05, 0) is 37.1 Å². The molecule has 2 N–H and O–H groups in total. The number of hydrogen-bond donors (Lipinski definition) is 1. The summed E-state index contributed by atoms with van der Waals surface area (Å²) in [6, 6.07) is 7.73. The molecule has 3 nitrogen and oxygen atoms in total. The average molecular weight is 259 g/mol. The van der Waals surface area contributed by atoms with Crippen molar-refractivity contribution in [2.75, 3.05) is 19.8 Å². The lowest BCUT2D eigenvalue weighted by molar-refractivity contribution is 0.0382. The molecule has 0 saturated heterocycles. The Morgan fingerprint density at radius 3 is 2.53 bits per heavy atom. The van der Waals surface area contributed by atoms with E-state index in [-0.39, 0.29) is 0 Å². The van der Waals surface area contributed by atoms with Crippen LogP contribution < -0.4 is 10.5 Å². The zero-order chi connectivity index (χ0) is 13.3. The molecule has 1 aliphatic rings. The quantitative estimate of drug-likeness (QED) is 0.652. The minimum Gasteiger partial charge on any atom is -0.491 e. The molecular formula is C16H21NO2. The number of benzene rings is 1. The van der Waals surface area contributed by atoms with Gasteiger partial charge in [-0.1, -0.05) is 24.7 Å². The van der Waals surface area contributed by atoms with Crippen molar-refractivity contribution >= 4 is 0 Å². The molecule has 1 aromatic carbocycles. The third-order valence-electron chi connectivity index (χ3n) is 3.20. The summed E-state index contributed by atoms with van der Waals surface area (Å²) in [5.41, 5.74) is 6.29. The summed E-state index contributed by atoms with van der Waals surface area (Å²) < 4.78 is 11.4. The molecule has 2 rings (SSSR count). The summed E-state index contributed by atoms with van der Waals surface area (Å²) in [6.45, 7) is 1.65. The molecule has 19 heavy (non-hydrogen) atoms. The van der Waals surface area contributed by atoms with Crippen molar-refractivity contribution in [2.24, 2.45) is 5.73 Å². The Kier molecular flexibility index (Phi) is 5.74. The maximum absolute atomic E-state index is 5.74. The van der Waals surface area contributed by atoms with Gasteiger partial charge in [-0.15, -0.1) is 0 Å². The third kappa shape index (κ3) is 4.94. The van der Waals surface area contributed by atoms with E-state index in [1.807, 2.05) is 24.3 Å². The number of hydrogen-bond acceptors (Lipinski definition) is 3. The monoisotopic (exact) mass is 259 g/mol. The highest BCUT2D eigenvalue weighted by molar-refractivity contribution is 5.38. The van der Waals surface area contributed by atoms with Crippen molar-refractivity contribution < 1.29 is 9.47 Å². The van der Waals surface area contributed by atoms with Crippen molar-refractivity contribution in [3.63, 3.8) is 0 Å². The maximum atomic E-state index is 5.74. The average Bonchev–Trinajstić information content (AvgIpc) is 2.96. The summed E-state index contributed by atoms with van der Waals surface area (Å²) in [6.07, 6.45) is 5.47. The Labute approximate surface area is 115 Å². The summed E-state index contributed by atoms with van der Waals surface area (Å²) in [7, 11) is 0. The van der Waals surface area contributed by atoms with Crippen LogP contribution >= 0.6 is 0 Å². The molecule has 0 aliphatic heterocycles. The Bertz CT molecular complexity index is 424. The SMILES string of the molecule is NCC#Cc1ccc(OCCOC2CCCC2)cc1. The van der Waals surface area contributed by atoms with E-state index in [4.69, 9.17) is 15.2 Å². The van der Waals surface area contributed by atoms with Crippen LogP contribution in [0.5, 0.6) is 5.75 Å². The van der Waals surface area contributed by atoms with Crippen molar-refractivity contribution in [1.29, 1.82) is 0 Å². The second kappa shape index (κ2) is 7.83. The van der Waals surface area contributed by atoms with Gasteiger partial charge in [0.15, 0.2) is 0 Å².